The van der Waals surface area contributed by atoms with E-state index in [0.29, 0.717) is 6.54 Å². The molecule has 0 aliphatic carbocycles. The van der Waals surface area contributed by atoms with E-state index in [9.17, 15) is 0 Å². The van der Waals surface area contributed by atoms with E-state index in [0.717, 1.165) is 45.9 Å². The fourth-order valence-electron chi connectivity index (χ4n) is 3.20. The smallest absolute Gasteiger partial charge is 0.135 e. The molecule has 0 amide bonds. The van der Waals surface area contributed by atoms with Crippen LogP contribution in [0.15, 0.2) is 58.3 Å². The highest BCUT2D eigenvalue weighted by molar-refractivity contribution is 9.10. The second-order valence-corrected chi connectivity index (χ2v) is 7.51. The number of imidazole rings is 1. The average molecular weight is 410 g/mol. The Morgan fingerprint density at radius 1 is 1.15 bits per heavy atom. The van der Waals surface area contributed by atoms with Crippen LogP contribution < -0.4 is 0 Å². The Balaban J connectivity index is 1.87. The Hall–Kier alpha value is -2.31. The molecule has 2 aromatic heterocycles. The van der Waals surface area contributed by atoms with Crippen molar-refractivity contribution in [2.24, 2.45) is 4.99 Å². The van der Waals surface area contributed by atoms with Gasteiger partial charge in [0.05, 0.1) is 23.6 Å². The molecule has 1 aliphatic heterocycles. The zero-order valence-electron chi connectivity index (χ0n) is 14.9. The molecule has 5 nitrogen and oxygen atoms in total. The number of halogens is 1. The maximum Gasteiger partial charge on any atom is 0.135 e. The Morgan fingerprint density at radius 3 is 2.81 bits per heavy atom. The molecule has 0 atom stereocenters. The topological polar surface area (TPSA) is 46.3 Å². The van der Waals surface area contributed by atoms with Crippen LogP contribution in [0.3, 0.4) is 0 Å². The zero-order valence-corrected chi connectivity index (χ0v) is 16.4. The van der Waals surface area contributed by atoms with Crippen LogP contribution in [-0.2, 0) is 13.0 Å². The van der Waals surface area contributed by atoms with E-state index < -0.39 is 0 Å². The van der Waals surface area contributed by atoms with Crippen LogP contribution >= 0.6 is 15.9 Å². The molecular weight excluding hydrogens is 390 g/mol. The van der Waals surface area contributed by atoms with Crippen molar-refractivity contribution in [2.75, 3.05) is 20.6 Å². The Morgan fingerprint density at radius 2 is 2.04 bits per heavy atom. The van der Waals surface area contributed by atoms with E-state index in [1.165, 1.54) is 5.69 Å². The van der Waals surface area contributed by atoms with Crippen LogP contribution in [0.25, 0.3) is 5.69 Å². The summed E-state index contributed by atoms with van der Waals surface area (Å²) < 4.78 is 3.28. The number of hydrogen-bond donors (Lipinski definition) is 0. The number of fused-ring (bicyclic) bond motifs is 3. The molecule has 1 aliphatic rings. The molecule has 0 unspecified atom stereocenters. The molecule has 0 spiro atoms. The van der Waals surface area contributed by atoms with Crippen molar-refractivity contribution in [3.8, 4) is 5.69 Å². The summed E-state index contributed by atoms with van der Waals surface area (Å²) in [5.74, 6) is 0.966. The highest BCUT2D eigenvalue weighted by Gasteiger charge is 2.22. The summed E-state index contributed by atoms with van der Waals surface area (Å²) >= 11 is 3.61. The summed E-state index contributed by atoms with van der Waals surface area (Å²) in [6.07, 6.45) is 4.72. The molecule has 4 rings (SSSR count). The van der Waals surface area contributed by atoms with Crippen molar-refractivity contribution in [1.29, 1.82) is 0 Å². The SMILES string of the molecule is CN(C)CCc1cnc2n1-c1ccc(Br)cc1C(c1ccccn1)=NC2. The first-order valence-corrected chi connectivity index (χ1v) is 9.39. The minimum Gasteiger partial charge on any atom is -0.309 e. The van der Waals surface area contributed by atoms with Crippen molar-refractivity contribution in [2.45, 2.75) is 13.0 Å². The number of nitrogens with zero attached hydrogens (tertiary/aromatic N) is 5. The summed E-state index contributed by atoms with van der Waals surface area (Å²) in [5, 5.41) is 0. The van der Waals surface area contributed by atoms with Crippen molar-refractivity contribution >= 4 is 21.6 Å². The minimum atomic E-state index is 0.542. The first kappa shape index (κ1) is 17.1. The lowest BCUT2D eigenvalue weighted by molar-refractivity contribution is 0.410. The zero-order chi connectivity index (χ0) is 18.1. The molecule has 132 valence electrons. The molecule has 0 saturated heterocycles. The van der Waals surface area contributed by atoms with Gasteiger partial charge in [0.2, 0.25) is 0 Å². The predicted molar refractivity (Wildman–Crippen MR) is 107 cm³/mol. The third kappa shape index (κ3) is 3.22. The monoisotopic (exact) mass is 409 g/mol. The van der Waals surface area contributed by atoms with Gasteiger partial charge in [-0.25, -0.2) is 4.98 Å². The summed E-state index contributed by atoms with van der Waals surface area (Å²) in [6, 6.07) is 12.2. The molecule has 3 heterocycles. The molecule has 0 radical (unpaired) electrons. The van der Waals surface area contributed by atoms with Gasteiger partial charge in [-0.1, -0.05) is 22.0 Å². The van der Waals surface area contributed by atoms with Crippen molar-refractivity contribution in [1.82, 2.24) is 19.4 Å². The normalized spacial score (nSPS) is 13.2. The predicted octanol–water partition coefficient (Wildman–Crippen LogP) is 3.48. The van der Waals surface area contributed by atoms with Crippen LogP contribution in [0.4, 0.5) is 0 Å². The van der Waals surface area contributed by atoms with E-state index in [1.54, 1.807) is 6.20 Å². The molecule has 26 heavy (non-hydrogen) atoms. The first-order chi connectivity index (χ1) is 12.6. The van der Waals surface area contributed by atoms with Gasteiger partial charge in [-0.05, 0) is 44.4 Å². The van der Waals surface area contributed by atoms with Crippen molar-refractivity contribution in [3.05, 3.63) is 76.0 Å². The summed E-state index contributed by atoms with van der Waals surface area (Å²) in [7, 11) is 4.18. The molecule has 0 fully saturated rings. The summed E-state index contributed by atoms with van der Waals surface area (Å²) in [6.45, 7) is 1.52. The van der Waals surface area contributed by atoms with Crippen LogP contribution in [-0.4, -0.2) is 45.8 Å². The Labute approximate surface area is 161 Å². The van der Waals surface area contributed by atoms with Gasteiger partial charge in [0.1, 0.15) is 5.82 Å². The third-order valence-corrected chi connectivity index (χ3v) is 4.96. The number of likely N-dealkylation sites (N-methyl/N-ethyl adjacent to an activating group) is 1. The van der Waals surface area contributed by atoms with Gasteiger partial charge in [0.15, 0.2) is 0 Å². The van der Waals surface area contributed by atoms with Crippen LogP contribution in [0, 0.1) is 0 Å². The quantitative estimate of drug-likeness (QED) is 0.662. The highest BCUT2D eigenvalue weighted by Crippen LogP contribution is 2.28. The summed E-state index contributed by atoms with van der Waals surface area (Å²) in [5.41, 5.74) is 5.17. The number of pyridine rings is 1. The highest BCUT2D eigenvalue weighted by atomic mass is 79.9. The van der Waals surface area contributed by atoms with Gasteiger partial charge in [-0.15, -0.1) is 0 Å². The second-order valence-electron chi connectivity index (χ2n) is 6.60. The molecule has 3 aromatic rings. The molecule has 6 heteroatoms. The fourth-order valence-corrected chi connectivity index (χ4v) is 3.56. The molecule has 0 N–H and O–H groups in total. The number of rotatable bonds is 4. The van der Waals surface area contributed by atoms with Gasteiger partial charge >= 0.3 is 0 Å². The number of benzene rings is 1. The van der Waals surface area contributed by atoms with E-state index in [1.807, 2.05) is 24.4 Å². The fraction of sp³-hybridized carbons (Fsp3) is 0.250. The number of hydrogen-bond acceptors (Lipinski definition) is 4. The molecule has 1 aromatic carbocycles. The van der Waals surface area contributed by atoms with E-state index in [-0.39, 0.29) is 0 Å². The van der Waals surface area contributed by atoms with Gasteiger partial charge in [0, 0.05) is 41.1 Å². The molecular formula is C20H20BrN5. The van der Waals surface area contributed by atoms with Crippen LogP contribution in [0.1, 0.15) is 22.8 Å². The van der Waals surface area contributed by atoms with E-state index >= 15 is 0 Å². The standard InChI is InChI=1S/C20H20BrN5/c1-25(2)10-8-15-12-23-19-13-24-20(17-5-3-4-9-22-17)16-11-14(21)6-7-18(16)26(15)19/h3-7,9,11-12H,8,10,13H2,1-2H3. The van der Waals surface area contributed by atoms with Gasteiger partial charge < -0.3 is 4.90 Å². The molecule has 0 saturated carbocycles. The Bertz CT molecular complexity index is 960. The largest absolute Gasteiger partial charge is 0.309 e. The summed E-state index contributed by atoms with van der Waals surface area (Å²) in [4.78, 5) is 16.2. The second kappa shape index (κ2) is 7.13. The van der Waals surface area contributed by atoms with E-state index in [2.05, 4.69) is 67.7 Å². The lowest BCUT2D eigenvalue weighted by atomic mass is 10.0. The van der Waals surface area contributed by atoms with Crippen LogP contribution in [0.5, 0.6) is 0 Å². The van der Waals surface area contributed by atoms with Crippen molar-refractivity contribution < 1.29 is 0 Å². The maximum atomic E-state index is 4.87. The molecule has 0 bridgehead atoms. The lowest BCUT2D eigenvalue weighted by Gasteiger charge is -2.16. The van der Waals surface area contributed by atoms with Gasteiger partial charge in [-0.3, -0.25) is 14.5 Å². The number of aromatic nitrogens is 3. The lowest BCUT2D eigenvalue weighted by Crippen LogP contribution is -2.17. The van der Waals surface area contributed by atoms with E-state index in [4.69, 9.17) is 4.99 Å². The first-order valence-electron chi connectivity index (χ1n) is 8.60. The minimum absolute atomic E-state index is 0.542. The maximum absolute atomic E-state index is 4.87. The average Bonchev–Trinajstić information content (AvgIpc) is 2.97. The van der Waals surface area contributed by atoms with Gasteiger partial charge in [-0.2, -0.15) is 0 Å². The third-order valence-electron chi connectivity index (χ3n) is 4.46. The van der Waals surface area contributed by atoms with Crippen LogP contribution in [0.2, 0.25) is 0 Å². The Kier molecular flexibility index (Phi) is 4.70. The number of aliphatic imine (C=N–C) groups is 1. The van der Waals surface area contributed by atoms with Gasteiger partial charge in [0.25, 0.3) is 0 Å². The van der Waals surface area contributed by atoms with Crippen molar-refractivity contribution in [3.63, 3.8) is 0 Å².